The van der Waals surface area contributed by atoms with Gasteiger partial charge in [0.25, 0.3) is 11.6 Å². The fourth-order valence-electron chi connectivity index (χ4n) is 5.22. The number of carbonyl (C=O) groups is 3. The van der Waals surface area contributed by atoms with Gasteiger partial charge >= 0.3 is 0 Å². The predicted molar refractivity (Wildman–Crippen MR) is 123 cm³/mol. The first kappa shape index (κ1) is 23.6. The number of aliphatic hydroxyl groups excluding tert-OH is 1. The van der Waals surface area contributed by atoms with Gasteiger partial charge in [-0.2, -0.15) is 4.40 Å². The van der Waals surface area contributed by atoms with E-state index in [-0.39, 0.29) is 24.4 Å². The molecule has 1 aromatic carbocycles. The number of carboxylic acids is 1. The summed E-state index contributed by atoms with van der Waals surface area (Å²) in [5.41, 5.74) is 6.08. The number of carbonyl (C=O) groups excluding carboxylic acids is 3. The van der Waals surface area contributed by atoms with Crippen LogP contribution in [-0.4, -0.2) is 49.3 Å². The number of aliphatic carboxylic acids is 1. The molecule has 2 aliphatic heterocycles. The van der Waals surface area contributed by atoms with E-state index in [9.17, 15) is 34.7 Å². The van der Waals surface area contributed by atoms with Crippen molar-refractivity contribution in [3.8, 4) is 0 Å². The Bertz CT molecular complexity index is 1420. The van der Waals surface area contributed by atoms with Gasteiger partial charge in [-0.1, -0.05) is 23.5 Å². The number of thiazole rings is 1. The van der Waals surface area contributed by atoms with Crippen LogP contribution in [0.2, 0.25) is 0 Å². The maximum absolute atomic E-state index is 12.9. The monoisotopic (exact) mass is 511 g/mol. The minimum Gasteiger partial charge on any atom is -0.543 e. The van der Waals surface area contributed by atoms with E-state index in [2.05, 4.69) is 0 Å². The van der Waals surface area contributed by atoms with Crippen molar-refractivity contribution in [3.63, 3.8) is 0 Å². The maximum atomic E-state index is 12.9. The normalized spacial score (nSPS) is 22.0. The van der Waals surface area contributed by atoms with Crippen molar-refractivity contribution in [3.05, 3.63) is 69.2 Å². The fourth-order valence-corrected chi connectivity index (χ4v) is 6.36. The number of aromatic nitrogens is 2. The van der Waals surface area contributed by atoms with Gasteiger partial charge in [-0.25, -0.2) is 4.57 Å². The summed E-state index contributed by atoms with van der Waals surface area (Å²) in [5.74, 6) is -3.78. The summed E-state index contributed by atoms with van der Waals surface area (Å²) < 4.78 is 3.34. The van der Waals surface area contributed by atoms with Crippen molar-refractivity contribution in [1.29, 1.82) is 0 Å². The van der Waals surface area contributed by atoms with E-state index in [1.807, 2.05) is 0 Å². The van der Waals surface area contributed by atoms with Crippen molar-refractivity contribution in [2.75, 3.05) is 0 Å². The van der Waals surface area contributed by atoms with Gasteiger partial charge in [0, 0.05) is 23.6 Å². The van der Waals surface area contributed by atoms with Gasteiger partial charge in [0.05, 0.1) is 39.5 Å². The van der Waals surface area contributed by atoms with Crippen LogP contribution in [0, 0.1) is 22.0 Å². The lowest BCUT2D eigenvalue weighted by atomic mass is 9.74. The third-order valence-electron chi connectivity index (χ3n) is 6.66. The molecule has 3 N–H and O–H groups in total. The van der Waals surface area contributed by atoms with Crippen molar-refractivity contribution in [2.24, 2.45) is 17.6 Å². The van der Waals surface area contributed by atoms with Crippen molar-refractivity contribution >= 4 is 45.2 Å². The number of nitrogens with two attached hydrogens (primary N) is 1. The minimum absolute atomic E-state index is 0.0140. The Labute approximate surface area is 207 Å². The second-order valence-corrected chi connectivity index (χ2v) is 10.0. The Morgan fingerprint density at radius 3 is 2.56 bits per heavy atom. The summed E-state index contributed by atoms with van der Waals surface area (Å²) in [6.45, 7) is 1.48. The maximum Gasteiger partial charge on any atom is 0.269 e. The molecule has 36 heavy (non-hydrogen) atoms. The van der Waals surface area contributed by atoms with Gasteiger partial charge in [-0.3, -0.25) is 19.7 Å². The lowest BCUT2D eigenvalue weighted by molar-refractivity contribution is -0.682. The summed E-state index contributed by atoms with van der Waals surface area (Å²) in [6, 6.07) is 5.34. The van der Waals surface area contributed by atoms with Gasteiger partial charge in [-0.05, 0) is 18.9 Å². The number of imidazole rings is 1. The largest absolute Gasteiger partial charge is 0.543 e. The molecule has 0 radical (unpaired) electrons. The first-order chi connectivity index (χ1) is 17.1. The van der Waals surface area contributed by atoms with E-state index >= 15 is 0 Å². The zero-order valence-corrected chi connectivity index (χ0v) is 19.8. The quantitative estimate of drug-likeness (QED) is 0.173. The zero-order chi connectivity index (χ0) is 25.9. The smallest absolute Gasteiger partial charge is 0.269 e. The number of fused-ring (bicyclic) bond motifs is 2. The number of β-lactam (4-membered cyclic amide) rings is 1. The van der Waals surface area contributed by atoms with E-state index in [0.717, 1.165) is 4.83 Å². The molecule has 2 aromatic heterocycles. The van der Waals surface area contributed by atoms with Gasteiger partial charge in [0.2, 0.25) is 17.1 Å². The number of hydrogen-bond acceptors (Lipinski definition) is 8. The van der Waals surface area contributed by atoms with Crippen LogP contribution >= 0.6 is 11.3 Å². The molecule has 0 spiro atoms. The Balaban J connectivity index is 1.60. The number of hydrogen-bond donors (Lipinski definition) is 2. The molecular weight excluding hydrogens is 490 g/mol. The second-order valence-electron chi connectivity index (χ2n) is 8.97. The molecular formula is C23H21N5O7S. The van der Waals surface area contributed by atoms with Crippen LogP contribution in [0.1, 0.15) is 17.4 Å². The number of nitro benzene ring substituents is 1. The Hall–Kier alpha value is -4.10. The zero-order valence-electron chi connectivity index (χ0n) is 18.9. The second kappa shape index (κ2) is 8.53. The number of carboxylic acid groups (broad SMARTS) is 1. The number of amides is 2. The Morgan fingerprint density at radius 1 is 1.31 bits per heavy atom. The lowest BCUT2D eigenvalue weighted by Crippen LogP contribution is -2.64. The van der Waals surface area contributed by atoms with Gasteiger partial charge < -0.3 is 25.6 Å². The fraction of sp³-hybridized carbons (Fsp3) is 0.304. The van der Waals surface area contributed by atoms with Crippen molar-refractivity contribution in [2.45, 2.75) is 32.0 Å². The van der Waals surface area contributed by atoms with Crippen LogP contribution in [0.25, 0.3) is 10.4 Å². The lowest BCUT2D eigenvalue weighted by Gasteiger charge is -2.47. The van der Waals surface area contributed by atoms with Gasteiger partial charge in [-0.15, -0.1) is 0 Å². The summed E-state index contributed by atoms with van der Waals surface area (Å²) in [6.07, 6.45) is 4.37. The van der Waals surface area contributed by atoms with E-state index in [0.29, 0.717) is 16.0 Å². The first-order valence-corrected chi connectivity index (χ1v) is 11.9. The van der Waals surface area contributed by atoms with Gasteiger partial charge in [0.15, 0.2) is 6.54 Å². The molecule has 4 heterocycles. The standard InChI is InChI=1S/C23H21N5O7S/c1-11(29)18-20-14(6-12-2-4-13(5-3-12)28(34)35)19(21(23(32)33)27(20)22(18)31)15-7-26-10-25(8-16(24)30)9-17(26)36-15/h2-5,7,9-11,14,18,20,29H,6,8H2,1H3,(H2-,24,30,32,33)/t11-,14?,18-,20-/m1/s1. The molecule has 0 aliphatic carbocycles. The summed E-state index contributed by atoms with van der Waals surface area (Å²) in [4.78, 5) is 49.5. The van der Waals surface area contributed by atoms with Crippen LogP contribution < -0.4 is 15.4 Å². The molecule has 1 saturated heterocycles. The molecule has 5 rings (SSSR count). The topological polar surface area (TPSA) is 175 Å². The van der Waals surface area contributed by atoms with E-state index in [1.165, 1.54) is 35.3 Å². The number of nitrogens with zero attached hydrogens (tertiary/aromatic N) is 4. The molecule has 1 fully saturated rings. The number of benzene rings is 1. The number of nitro groups is 1. The summed E-state index contributed by atoms with van der Waals surface area (Å²) in [7, 11) is 0. The van der Waals surface area contributed by atoms with Crippen LogP contribution in [0.4, 0.5) is 5.69 Å². The predicted octanol–water partition coefficient (Wildman–Crippen LogP) is -0.777. The molecule has 4 atom stereocenters. The number of rotatable bonds is 8. The van der Waals surface area contributed by atoms with Crippen molar-refractivity contribution in [1.82, 2.24) is 9.30 Å². The highest BCUT2D eigenvalue weighted by atomic mass is 32.1. The molecule has 0 saturated carbocycles. The molecule has 0 bridgehead atoms. The van der Waals surface area contributed by atoms with E-state index < -0.39 is 46.7 Å². The molecule has 2 aliphatic rings. The highest BCUT2D eigenvalue weighted by Gasteiger charge is 2.60. The molecule has 1 unspecified atom stereocenters. The van der Waals surface area contributed by atoms with Crippen LogP contribution in [-0.2, 0) is 27.3 Å². The van der Waals surface area contributed by atoms with E-state index in [1.54, 1.807) is 39.8 Å². The molecule has 3 aromatic rings. The van der Waals surface area contributed by atoms with Crippen LogP contribution in [0.3, 0.4) is 0 Å². The van der Waals surface area contributed by atoms with Gasteiger partial charge in [0.1, 0.15) is 12.4 Å². The Morgan fingerprint density at radius 2 is 2.00 bits per heavy atom. The average molecular weight is 512 g/mol. The third-order valence-corrected chi connectivity index (χ3v) is 7.73. The molecule has 13 heteroatoms. The minimum atomic E-state index is -1.50. The number of aliphatic hydroxyl groups is 1. The van der Waals surface area contributed by atoms with E-state index in [4.69, 9.17) is 5.73 Å². The Kier molecular flexibility index (Phi) is 5.60. The van der Waals surface area contributed by atoms with Crippen molar-refractivity contribution < 1.29 is 34.1 Å². The van der Waals surface area contributed by atoms with Crippen LogP contribution in [0.5, 0.6) is 0 Å². The third kappa shape index (κ3) is 3.72. The summed E-state index contributed by atoms with van der Waals surface area (Å²) >= 11 is 1.28. The molecule has 12 nitrogen and oxygen atoms in total. The molecule has 2 amide bonds. The average Bonchev–Trinajstić information content (AvgIpc) is 3.41. The highest BCUT2D eigenvalue weighted by molar-refractivity contribution is 7.18. The molecule has 186 valence electrons. The first-order valence-electron chi connectivity index (χ1n) is 11.1. The van der Waals surface area contributed by atoms with Crippen LogP contribution in [0.15, 0.2) is 48.7 Å². The highest BCUT2D eigenvalue weighted by Crippen LogP contribution is 2.52. The summed E-state index contributed by atoms with van der Waals surface area (Å²) in [5, 5.41) is 33.6. The number of primary amides is 1. The SMILES string of the molecule is C[C@@H](O)[C@H]1C(=O)N2C(C(=O)[O-])=C(c3cn4c[n+](CC(N)=O)cc4s3)C(Cc3ccc([N+](=O)[O-])cc3)[C@H]12. The number of non-ortho nitro benzene ring substituents is 1.